The Labute approximate surface area is 784 Å². The standard InChI is InChI=1S/C124H72N2OS5/c1-5-31-89-79(27-1)81-62-57-77(71-103(81)122(89)96-35-9-19-48-112(96)130-113-49-20-10-36-97(113)122)125(105-41-25-44-108-119(105)84-29-3-15-43-107(84)127-108)75-60-66-93-88(70-75)82-61-55-74(68-102(82)123(93)98-37-11-21-50-114(98)131-115-51-22-12-38-99(115)123)73-56-64-91-86(67-73)83-63-58-78(72-104(83)124(91)100-39-13-23-52-116(100)132-117-53-24-14-40-101(117)124)126(106-42-26-54-118-120(106)85-30-4-16-45-109(85)128-118)76-59-65-92-87(69-76)80-28-2-6-32-90(80)121(92)94-33-7-17-46-110(94)129-111-47-18-8-34-95(111)121/h1-72H. The average Bonchev–Trinajstić information content (AvgIpc) is 1.53. The van der Waals surface area contributed by atoms with Gasteiger partial charge >= 0.3 is 0 Å². The van der Waals surface area contributed by atoms with Crippen molar-refractivity contribution in [1.29, 1.82) is 0 Å². The molecule has 0 bridgehead atoms. The number of benzene rings is 20. The van der Waals surface area contributed by atoms with Crippen molar-refractivity contribution >= 4 is 135 Å². The van der Waals surface area contributed by atoms with E-state index in [1.54, 1.807) is 0 Å². The second-order valence-electron chi connectivity index (χ2n) is 36.1. The normalized spacial score (nSPS) is 14.9. The Balaban J connectivity index is 0.629. The maximum atomic E-state index is 6.89. The summed E-state index contributed by atoms with van der Waals surface area (Å²) in [6.07, 6.45) is 0. The van der Waals surface area contributed by atoms with Gasteiger partial charge in [0, 0.05) is 87.5 Å². The second kappa shape index (κ2) is 27.5. The third-order valence-corrected chi connectivity index (χ3v) is 35.9. The fourth-order valence-corrected chi connectivity index (χ4v) is 31.0. The molecule has 132 heavy (non-hydrogen) atoms. The van der Waals surface area contributed by atoms with Gasteiger partial charge in [-0.15, -0.1) is 11.3 Å². The SMILES string of the molecule is c1ccc2c(c1)Sc1ccccc1C21c2ccccc2-c2cc(N(c3ccc4c(c3)C3(c5ccccc5Sc5ccccc53)c3ccc(-c5ccc6c(c5)C5(c7ccccc7Sc7ccccc75)c5ccc(N(c7ccc8c(c7)C7(c9ccccc9Sc9ccccc97)c7ccccc7-8)c7cccc8oc9ccccc9c78)cc5-6)cc3-4)c3cccc4sc5ccccc5c34)ccc21. The van der Waals surface area contributed by atoms with Crippen LogP contribution in [-0.4, -0.2) is 0 Å². The van der Waals surface area contributed by atoms with Gasteiger partial charge in [0.1, 0.15) is 11.2 Å². The van der Waals surface area contributed by atoms with Crippen LogP contribution in [0.25, 0.3) is 97.7 Å². The Bertz CT molecular complexity index is 8710. The van der Waals surface area contributed by atoms with Crippen LogP contribution < -0.4 is 9.80 Å². The highest BCUT2D eigenvalue weighted by atomic mass is 32.2. The van der Waals surface area contributed by atoms with Gasteiger partial charge in [-0.1, -0.05) is 338 Å². The number of hydrogen-bond acceptors (Lipinski definition) is 8. The lowest BCUT2D eigenvalue weighted by molar-refractivity contribution is 0.669. The van der Waals surface area contributed by atoms with Gasteiger partial charge in [0.15, 0.2) is 0 Å². The third-order valence-electron chi connectivity index (χ3n) is 30.1. The molecular formula is C124H72N2OS5. The molecule has 4 spiro atoms. The summed E-state index contributed by atoms with van der Waals surface area (Å²) in [5.74, 6) is 0. The lowest BCUT2D eigenvalue weighted by Gasteiger charge is -2.40. The molecule has 22 aromatic rings. The molecule has 0 N–H and O–H groups in total. The van der Waals surface area contributed by atoms with Gasteiger partial charge in [0.2, 0.25) is 0 Å². The summed E-state index contributed by atoms with van der Waals surface area (Å²) in [6.45, 7) is 0. The molecule has 4 aliphatic carbocycles. The highest BCUT2D eigenvalue weighted by Crippen LogP contribution is 2.70. The monoisotopic (exact) mass is 1760 g/mol. The zero-order chi connectivity index (χ0) is 86.0. The van der Waals surface area contributed by atoms with Crippen molar-refractivity contribution in [3.8, 4) is 55.6 Å². The molecule has 0 saturated heterocycles. The van der Waals surface area contributed by atoms with Crippen molar-refractivity contribution in [3.63, 3.8) is 0 Å². The number of furan rings is 1. The lowest BCUT2D eigenvalue weighted by Crippen LogP contribution is -2.32. The fourth-order valence-electron chi connectivity index (χ4n) is 25.1. The van der Waals surface area contributed by atoms with E-state index in [0.29, 0.717) is 0 Å². The Kier molecular flexibility index (Phi) is 15.5. The van der Waals surface area contributed by atoms with Crippen LogP contribution in [0.15, 0.2) is 480 Å². The quantitative estimate of drug-likeness (QED) is 0.156. The van der Waals surface area contributed by atoms with Gasteiger partial charge in [-0.2, -0.15) is 0 Å². The zero-order valence-corrected chi connectivity index (χ0v) is 75.0. The maximum Gasteiger partial charge on any atom is 0.137 e. The van der Waals surface area contributed by atoms with E-state index in [1.807, 2.05) is 58.4 Å². The molecule has 8 aliphatic rings. The Morgan fingerprint density at radius 3 is 0.955 bits per heavy atom. The van der Waals surface area contributed by atoms with Crippen LogP contribution in [0.2, 0.25) is 0 Å². The van der Waals surface area contributed by atoms with Crippen LogP contribution in [0, 0.1) is 0 Å². The largest absolute Gasteiger partial charge is 0.456 e. The number of anilines is 6. The highest BCUT2D eigenvalue weighted by Gasteiger charge is 2.56. The number of fused-ring (bicyclic) bond motifs is 42. The van der Waals surface area contributed by atoms with Crippen LogP contribution in [0.1, 0.15) is 89.0 Å². The second-order valence-corrected chi connectivity index (χ2v) is 41.5. The highest BCUT2D eigenvalue weighted by molar-refractivity contribution is 8.00. The third kappa shape index (κ3) is 9.66. The van der Waals surface area contributed by atoms with Crippen molar-refractivity contribution < 1.29 is 4.42 Å². The molecule has 20 aromatic carbocycles. The first-order valence-corrected chi connectivity index (χ1v) is 49.5. The molecule has 3 nitrogen and oxygen atoms in total. The summed E-state index contributed by atoms with van der Waals surface area (Å²) < 4.78 is 9.42. The van der Waals surface area contributed by atoms with Crippen molar-refractivity contribution in [3.05, 3.63) is 526 Å². The number of hydrogen-bond donors (Lipinski definition) is 0. The molecule has 2 aromatic heterocycles. The Morgan fingerprint density at radius 2 is 0.477 bits per heavy atom. The molecule has 0 amide bonds. The van der Waals surface area contributed by atoms with E-state index >= 15 is 0 Å². The van der Waals surface area contributed by atoms with Crippen molar-refractivity contribution in [2.75, 3.05) is 9.80 Å². The number of para-hydroxylation sites is 1. The molecule has 0 saturated carbocycles. The van der Waals surface area contributed by atoms with E-state index < -0.39 is 21.7 Å². The predicted molar refractivity (Wildman–Crippen MR) is 547 cm³/mol. The molecule has 30 rings (SSSR count). The van der Waals surface area contributed by atoms with Crippen LogP contribution in [0.3, 0.4) is 0 Å². The number of nitrogens with zero attached hydrogens (tertiary/aromatic N) is 2. The summed E-state index contributed by atoms with van der Waals surface area (Å²) >= 11 is 9.45. The van der Waals surface area contributed by atoms with Crippen molar-refractivity contribution in [2.24, 2.45) is 0 Å². The molecule has 0 radical (unpaired) electrons. The van der Waals surface area contributed by atoms with Gasteiger partial charge < -0.3 is 14.2 Å². The van der Waals surface area contributed by atoms with Crippen LogP contribution >= 0.6 is 58.4 Å². The minimum Gasteiger partial charge on any atom is -0.456 e. The molecule has 4 aliphatic heterocycles. The first kappa shape index (κ1) is 74.2. The van der Waals surface area contributed by atoms with E-state index in [-0.39, 0.29) is 0 Å². The van der Waals surface area contributed by atoms with Crippen molar-refractivity contribution in [2.45, 2.75) is 60.8 Å². The Hall–Kier alpha value is -14.6. The molecular weight excluding hydrogens is 1690 g/mol. The summed E-state index contributed by atoms with van der Waals surface area (Å²) in [5, 5.41) is 4.65. The van der Waals surface area contributed by atoms with Crippen LogP contribution in [-0.2, 0) is 21.7 Å². The lowest BCUT2D eigenvalue weighted by atomic mass is 9.67. The van der Waals surface area contributed by atoms with Gasteiger partial charge in [0.05, 0.1) is 38.4 Å². The average molecular weight is 1770 g/mol. The Morgan fingerprint density at radius 1 is 0.182 bits per heavy atom. The van der Waals surface area contributed by atoms with Crippen LogP contribution in [0.5, 0.6) is 0 Å². The fraction of sp³-hybridized carbons (Fsp3) is 0.0323. The molecule has 614 valence electrons. The van der Waals surface area contributed by atoms with Gasteiger partial charge in [-0.05, 0) is 290 Å². The maximum absolute atomic E-state index is 6.89. The molecule has 0 fully saturated rings. The van der Waals surface area contributed by atoms with Crippen LogP contribution in [0.4, 0.5) is 34.1 Å². The van der Waals surface area contributed by atoms with Gasteiger partial charge in [0.25, 0.3) is 0 Å². The summed E-state index contributed by atoms with van der Waals surface area (Å²) in [7, 11) is 0. The summed E-state index contributed by atoms with van der Waals surface area (Å²) in [6, 6.07) is 168. The van der Waals surface area contributed by atoms with E-state index in [2.05, 4.69) is 447 Å². The topological polar surface area (TPSA) is 19.6 Å². The van der Waals surface area contributed by atoms with E-state index in [4.69, 9.17) is 4.42 Å². The zero-order valence-electron chi connectivity index (χ0n) is 70.9. The van der Waals surface area contributed by atoms with E-state index in [9.17, 15) is 0 Å². The van der Waals surface area contributed by atoms with Gasteiger partial charge in [-0.3, -0.25) is 0 Å². The molecule has 8 heteroatoms. The number of rotatable bonds is 7. The van der Waals surface area contributed by atoms with E-state index in [1.165, 1.54) is 193 Å². The van der Waals surface area contributed by atoms with Crippen molar-refractivity contribution in [1.82, 2.24) is 0 Å². The smallest absolute Gasteiger partial charge is 0.137 e. The first-order chi connectivity index (χ1) is 65.4. The molecule has 0 unspecified atom stereocenters. The molecule has 0 atom stereocenters. The number of thiophene rings is 1. The molecule has 6 heterocycles. The predicted octanol–water partition coefficient (Wildman–Crippen LogP) is 33.9. The minimum atomic E-state index is -0.718. The minimum absolute atomic E-state index is 0.525. The summed E-state index contributed by atoms with van der Waals surface area (Å²) in [5.41, 5.74) is 38.7. The van der Waals surface area contributed by atoms with E-state index in [0.717, 1.165) is 67.2 Å². The van der Waals surface area contributed by atoms with Gasteiger partial charge in [-0.25, -0.2) is 0 Å². The first-order valence-electron chi connectivity index (χ1n) is 45.4. The summed E-state index contributed by atoms with van der Waals surface area (Å²) in [4.78, 5) is 15.4.